The molecular formula is C12H25N3O2S. The van der Waals surface area contributed by atoms with E-state index in [-0.39, 0.29) is 0 Å². The number of nitrogens with one attached hydrogen (secondary N) is 2. The van der Waals surface area contributed by atoms with E-state index in [2.05, 4.69) is 23.7 Å². The van der Waals surface area contributed by atoms with Crippen molar-refractivity contribution in [3.8, 4) is 0 Å². The van der Waals surface area contributed by atoms with Gasteiger partial charge in [-0.15, -0.1) is 6.58 Å². The molecule has 0 spiro atoms. The lowest BCUT2D eigenvalue weighted by Crippen LogP contribution is -2.51. The van der Waals surface area contributed by atoms with Crippen LogP contribution in [0.1, 0.15) is 32.6 Å². The normalized spacial score (nSPS) is 19.7. The summed E-state index contributed by atoms with van der Waals surface area (Å²) in [5, 5.41) is 3.47. The SMILES string of the molecule is C=CCN1CCNCC1CCCCC.N=S(=O)=O. The van der Waals surface area contributed by atoms with Crippen LogP contribution >= 0.6 is 0 Å². The maximum atomic E-state index is 8.67. The standard InChI is InChI=1S/C12H24N2.HNO2S/c1-3-5-6-7-12-11-13-8-10-14(12)9-4-2;1-4(2)3/h4,12-13H,2-3,5-11H2,1H3;1H. The maximum absolute atomic E-state index is 8.67. The van der Waals surface area contributed by atoms with E-state index in [4.69, 9.17) is 13.2 Å². The minimum atomic E-state index is -2.61. The summed E-state index contributed by atoms with van der Waals surface area (Å²) in [6.07, 6.45) is 7.43. The van der Waals surface area contributed by atoms with Gasteiger partial charge in [0.1, 0.15) is 0 Å². The monoisotopic (exact) mass is 275 g/mol. The highest BCUT2D eigenvalue weighted by atomic mass is 32.2. The van der Waals surface area contributed by atoms with Crippen LogP contribution in [0.15, 0.2) is 12.7 Å². The van der Waals surface area contributed by atoms with Gasteiger partial charge in [-0.05, 0) is 6.42 Å². The number of rotatable bonds is 6. The molecule has 0 amide bonds. The fourth-order valence-electron chi connectivity index (χ4n) is 2.12. The maximum Gasteiger partial charge on any atom is 0.308 e. The van der Waals surface area contributed by atoms with Crippen molar-refractivity contribution in [2.45, 2.75) is 38.6 Å². The Labute approximate surface area is 112 Å². The zero-order valence-corrected chi connectivity index (χ0v) is 12.0. The second kappa shape index (κ2) is 11.4. The molecule has 0 bridgehead atoms. The lowest BCUT2D eigenvalue weighted by Gasteiger charge is -2.35. The van der Waals surface area contributed by atoms with Crippen molar-refractivity contribution in [3.63, 3.8) is 0 Å². The number of hydrogen-bond acceptors (Lipinski definition) is 5. The van der Waals surface area contributed by atoms with E-state index in [1.54, 1.807) is 0 Å². The van der Waals surface area contributed by atoms with Gasteiger partial charge in [0, 0.05) is 32.2 Å². The Balaban J connectivity index is 0.000000631. The zero-order chi connectivity index (χ0) is 13.8. The van der Waals surface area contributed by atoms with Crippen LogP contribution < -0.4 is 5.32 Å². The van der Waals surface area contributed by atoms with Gasteiger partial charge < -0.3 is 5.32 Å². The van der Waals surface area contributed by atoms with Crippen LogP contribution in [0, 0.1) is 4.78 Å². The van der Waals surface area contributed by atoms with Gasteiger partial charge >= 0.3 is 10.5 Å². The molecule has 0 aromatic rings. The second-order valence-electron chi connectivity index (χ2n) is 4.37. The molecule has 5 nitrogen and oxygen atoms in total. The number of nitrogens with zero attached hydrogens (tertiary/aromatic N) is 1. The minimum absolute atomic E-state index is 0.744. The zero-order valence-electron chi connectivity index (χ0n) is 11.2. The third kappa shape index (κ3) is 9.32. The van der Waals surface area contributed by atoms with Gasteiger partial charge in [-0.2, -0.15) is 13.2 Å². The Bertz CT molecular complexity index is 308. The summed E-state index contributed by atoms with van der Waals surface area (Å²) in [6, 6.07) is 0.744. The summed E-state index contributed by atoms with van der Waals surface area (Å²) in [6.45, 7) is 10.6. The first-order valence-corrected chi connectivity index (χ1v) is 7.55. The molecule has 0 aliphatic carbocycles. The number of unbranched alkanes of at least 4 members (excludes halogenated alkanes) is 2. The highest BCUT2D eigenvalue weighted by molar-refractivity contribution is 7.60. The van der Waals surface area contributed by atoms with Gasteiger partial charge in [-0.1, -0.05) is 32.3 Å². The van der Waals surface area contributed by atoms with Gasteiger partial charge in [-0.3, -0.25) is 4.90 Å². The highest BCUT2D eigenvalue weighted by Gasteiger charge is 2.19. The van der Waals surface area contributed by atoms with Crippen LogP contribution in [0.25, 0.3) is 0 Å². The molecule has 1 unspecified atom stereocenters. The first-order valence-electron chi connectivity index (χ1n) is 6.48. The van der Waals surface area contributed by atoms with Gasteiger partial charge in [-0.25, -0.2) is 0 Å². The lowest BCUT2D eigenvalue weighted by atomic mass is 10.1. The molecule has 1 atom stereocenters. The third-order valence-electron chi connectivity index (χ3n) is 2.98. The van der Waals surface area contributed by atoms with Crippen LogP contribution in [0.5, 0.6) is 0 Å². The van der Waals surface area contributed by atoms with E-state index >= 15 is 0 Å². The molecule has 1 aliphatic heterocycles. The fraction of sp³-hybridized carbons (Fsp3) is 0.833. The molecule has 0 aromatic carbocycles. The van der Waals surface area contributed by atoms with E-state index < -0.39 is 10.5 Å². The van der Waals surface area contributed by atoms with Crippen molar-refractivity contribution in [1.29, 1.82) is 4.78 Å². The minimum Gasteiger partial charge on any atom is -0.314 e. The van der Waals surface area contributed by atoms with Crippen LogP contribution in [0.2, 0.25) is 0 Å². The first-order chi connectivity index (χ1) is 8.61. The van der Waals surface area contributed by atoms with Gasteiger partial charge in [0.2, 0.25) is 0 Å². The molecule has 1 heterocycles. The van der Waals surface area contributed by atoms with E-state index in [0.29, 0.717) is 0 Å². The average Bonchev–Trinajstić information content (AvgIpc) is 2.31. The highest BCUT2D eigenvalue weighted by Crippen LogP contribution is 2.11. The van der Waals surface area contributed by atoms with Gasteiger partial charge in [0.15, 0.2) is 0 Å². The Morgan fingerprint density at radius 1 is 1.50 bits per heavy atom. The predicted octanol–water partition coefficient (Wildman–Crippen LogP) is 1.65. The van der Waals surface area contributed by atoms with Gasteiger partial charge in [0.05, 0.1) is 0 Å². The number of piperazine rings is 1. The topological polar surface area (TPSA) is 73.3 Å². The molecule has 1 aliphatic rings. The number of hydrogen-bond donors (Lipinski definition) is 2. The average molecular weight is 275 g/mol. The summed E-state index contributed by atoms with van der Waals surface area (Å²) in [7, 11) is -2.61. The van der Waals surface area contributed by atoms with E-state index in [1.165, 1.54) is 32.2 Å². The van der Waals surface area contributed by atoms with Crippen LogP contribution in [-0.4, -0.2) is 45.5 Å². The van der Waals surface area contributed by atoms with E-state index in [9.17, 15) is 0 Å². The molecule has 1 rings (SSSR count). The molecule has 0 radical (unpaired) electrons. The largest absolute Gasteiger partial charge is 0.314 e. The predicted molar refractivity (Wildman–Crippen MR) is 74.2 cm³/mol. The molecule has 106 valence electrons. The van der Waals surface area contributed by atoms with Gasteiger partial charge in [0.25, 0.3) is 0 Å². The molecule has 6 heteroatoms. The van der Waals surface area contributed by atoms with Crippen LogP contribution in [-0.2, 0) is 10.5 Å². The molecular weight excluding hydrogens is 250 g/mol. The summed E-state index contributed by atoms with van der Waals surface area (Å²) < 4.78 is 22.8. The van der Waals surface area contributed by atoms with E-state index in [0.717, 1.165) is 25.7 Å². The molecule has 1 fully saturated rings. The quantitative estimate of drug-likeness (QED) is 0.571. The van der Waals surface area contributed by atoms with Crippen molar-refractivity contribution >= 4 is 10.5 Å². The van der Waals surface area contributed by atoms with Crippen molar-refractivity contribution in [2.24, 2.45) is 0 Å². The van der Waals surface area contributed by atoms with E-state index in [1.807, 2.05) is 6.08 Å². The van der Waals surface area contributed by atoms with Crippen molar-refractivity contribution in [2.75, 3.05) is 26.2 Å². The lowest BCUT2D eigenvalue weighted by molar-refractivity contribution is 0.167. The van der Waals surface area contributed by atoms with Crippen molar-refractivity contribution < 1.29 is 8.42 Å². The summed E-state index contributed by atoms with van der Waals surface area (Å²) in [5.41, 5.74) is 0. The summed E-state index contributed by atoms with van der Waals surface area (Å²) in [5.74, 6) is 0. The third-order valence-corrected chi connectivity index (χ3v) is 2.98. The molecule has 0 aromatic heterocycles. The summed E-state index contributed by atoms with van der Waals surface area (Å²) >= 11 is 0. The Hall–Kier alpha value is -0.720. The Morgan fingerprint density at radius 2 is 2.17 bits per heavy atom. The fourth-order valence-corrected chi connectivity index (χ4v) is 2.12. The van der Waals surface area contributed by atoms with Crippen LogP contribution in [0.3, 0.4) is 0 Å². The molecule has 18 heavy (non-hydrogen) atoms. The molecule has 0 saturated carbocycles. The Morgan fingerprint density at radius 3 is 2.72 bits per heavy atom. The molecule has 1 saturated heterocycles. The Kier molecular flexibility index (Phi) is 10.9. The second-order valence-corrected chi connectivity index (χ2v) is 4.84. The van der Waals surface area contributed by atoms with Crippen LogP contribution in [0.4, 0.5) is 0 Å². The smallest absolute Gasteiger partial charge is 0.308 e. The first kappa shape index (κ1) is 17.3. The molecule has 2 N–H and O–H groups in total. The summed E-state index contributed by atoms with van der Waals surface area (Å²) in [4.78, 5) is 2.55. The van der Waals surface area contributed by atoms with Crippen molar-refractivity contribution in [3.05, 3.63) is 12.7 Å². The van der Waals surface area contributed by atoms with Crippen molar-refractivity contribution in [1.82, 2.24) is 10.2 Å².